The molecule has 0 bridgehead atoms. The molecule has 5 heteroatoms. The fourth-order valence-electron chi connectivity index (χ4n) is 1.50. The molecule has 0 unspecified atom stereocenters. The van der Waals surface area contributed by atoms with E-state index in [-0.39, 0.29) is 5.91 Å². The second kappa shape index (κ2) is 6.29. The zero-order valence-electron chi connectivity index (χ0n) is 10.6. The molecule has 0 fully saturated rings. The highest BCUT2D eigenvalue weighted by molar-refractivity contribution is 9.10. The van der Waals surface area contributed by atoms with Crippen LogP contribution in [0, 0.1) is 5.82 Å². The number of amides is 1. The summed E-state index contributed by atoms with van der Waals surface area (Å²) in [6, 6.07) is 4.29. The molecule has 0 saturated carbocycles. The van der Waals surface area contributed by atoms with Crippen molar-refractivity contribution in [2.75, 3.05) is 6.54 Å². The minimum atomic E-state index is -0.451. The molecule has 1 rings (SSSR count). The zero-order valence-corrected chi connectivity index (χ0v) is 12.2. The molecular weight excluding hydrogens is 299 g/mol. The van der Waals surface area contributed by atoms with Crippen LogP contribution in [0.25, 0.3) is 0 Å². The van der Waals surface area contributed by atoms with Crippen molar-refractivity contribution >= 4 is 21.8 Å². The molecule has 1 amide bonds. The quantitative estimate of drug-likeness (QED) is 0.877. The van der Waals surface area contributed by atoms with Gasteiger partial charge in [-0.15, -0.1) is 0 Å². The zero-order chi connectivity index (χ0) is 13.8. The lowest BCUT2D eigenvalue weighted by molar-refractivity contribution is 0.0941. The largest absolute Gasteiger partial charge is 0.350 e. The van der Waals surface area contributed by atoms with E-state index in [9.17, 15) is 9.18 Å². The molecule has 3 N–H and O–H groups in total. The van der Waals surface area contributed by atoms with Gasteiger partial charge in [-0.05, 0) is 47.0 Å². The van der Waals surface area contributed by atoms with Gasteiger partial charge in [0.15, 0.2) is 0 Å². The van der Waals surface area contributed by atoms with Gasteiger partial charge >= 0.3 is 0 Å². The number of carbonyl (C=O) groups excluding carboxylic acids is 1. The summed E-state index contributed by atoms with van der Waals surface area (Å²) in [6.07, 6.45) is 1.55. The van der Waals surface area contributed by atoms with E-state index < -0.39 is 11.4 Å². The smallest absolute Gasteiger partial charge is 0.251 e. The number of nitrogens with one attached hydrogen (secondary N) is 1. The minimum Gasteiger partial charge on any atom is -0.350 e. The Morgan fingerprint density at radius 1 is 1.44 bits per heavy atom. The van der Waals surface area contributed by atoms with Gasteiger partial charge in [0.25, 0.3) is 5.91 Å². The van der Waals surface area contributed by atoms with Gasteiger partial charge in [-0.3, -0.25) is 4.79 Å². The van der Waals surface area contributed by atoms with E-state index in [0.29, 0.717) is 16.6 Å². The molecule has 1 aromatic rings. The van der Waals surface area contributed by atoms with E-state index in [0.717, 1.165) is 12.8 Å². The van der Waals surface area contributed by atoms with Gasteiger partial charge in [0.1, 0.15) is 5.82 Å². The first-order chi connectivity index (χ1) is 8.41. The summed E-state index contributed by atoms with van der Waals surface area (Å²) in [4.78, 5) is 11.8. The van der Waals surface area contributed by atoms with E-state index >= 15 is 0 Å². The van der Waals surface area contributed by atoms with Crippen molar-refractivity contribution < 1.29 is 9.18 Å². The molecular formula is C13H18BrFN2O. The van der Waals surface area contributed by atoms with Crippen molar-refractivity contribution in [3.63, 3.8) is 0 Å². The van der Waals surface area contributed by atoms with Crippen LogP contribution in [-0.4, -0.2) is 18.0 Å². The van der Waals surface area contributed by atoms with Gasteiger partial charge in [0, 0.05) is 17.6 Å². The van der Waals surface area contributed by atoms with E-state index in [2.05, 4.69) is 21.2 Å². The molecule has 0 heterocycles. The van der Waals surface area contributed by atoms with Gasteiger partial charge in [-0.25, -0.2) is 4.39 Å². The summed E-state index contributed by atoms with van der Waals surface area (Å²) in [6.45, 7) is 4.35. The lowest BCUT2D eigenvalue weighted by Crippen LogP contribution is -2.49. The van der Waals surface area contributed by atoms with Crippen LogP contribution in [-0.2, 0) is 0 Å². The highest BCUT2D eigenvalue weighted by atomic mass is 79.9. The van der Waals surface area contributed by atoms with Crippen molar-refractivity contribution in [2.24, 2.45) is 5.73 Å². The Balaban J connectivity index is 2.68. The SMILES string of the molecule is CCC(N)(CC)CNC(=O)c1ccc(Br)c(F)c1. The summed E-state index contributed by atoms with van der Waals surface area (Å²) >= 11 is 3.04. The van der Waals surface area contributed by atoms with Gasteiger partial charge in [-0.2, -0.15) is 0 Å². The second-order valence-corrected chi connectivity index (χ2v) is 5.24. The number of hydrogen-bond donors (Lipinski definition) is 2. The molecule has 0 aliphatic carbocycles. The highest BCUT2D eigenvalue weighted by Gasteiger charge is 2.21. The molecule has 0 spiro atoms. The van der Waals surface area contributed by atoms with Gasteiger partial charge < -0.3 is 11.1 Å². The van der Waals surface area contributed by atoms with Crippen LogP contribution in [0.2, 0.25) is 0 Å². The van der Waals surface area contributed by atoms with Crippen LogP contribution in [0.4, 0.5) is 4.39 Å². The predicted octanol–water partition coefficient (Wildman–Crippen LogP) is 2.84. The van der Waals surface area contributed by atoms with Gasteiger partial charge in [0.2, 0.25) is 0 Å². The lowest BCUT2D eigenvalue weighted by Gasteiger charge is -2.26. The Hall–Kier alpha value is -0.940. The van der Waals surface area contributed by atoms with E-state index in [1.165, 1.54) is 12.1 Å². The third kappa shape index (κ3) is 3.78. The number of halogens is 2. The van der Waals surface area contributed by atoms with Gasteiger partial charge in [0.05, 0.1) is 4.47 Å². The van der Waals surface area contributed by atoms with Crippen LogP contribution in [0.15, 0.2) is 22.7 Å². The molecule has 0 aromatic heterocycles. The molecule has 0 aliphatic rings. The first-order valence-corrected chi connectivity index (χ1v) is 6.73. The van der Waals surface area contributed by atoms with Crippen molar-refractivity contribution in [3.8, 4) is 0 Å². The van der Waals surface area contributed by atoms with E-state index in [1.54, 1.807) is 6.07 Å². The first kappa shape index (κ1) is 15.1. The summed E-state index contributed by atoms with van der Waals surface area (Å²) in [7, 11) is 0. The van der Waals surface area contributed by atoms with Crippen LogP contribution < -0.4 is 11.1 Å². The molecule has 0 atom stereocenters. The number of nitrogens with two attached hydrogens (primary N) is 1. The number of rotatable bonds is 5. The molecule has 1 aromatic carbocycles. The van der Waals surface area contributed by atoms with Crippen LogP contribution in [0.3, 0.4) is 0 Å². The third-order valence-electron chi connectivity index (χ3n) is 3.19. The summed E-state index contributed by atoms with van der Waals surface area (Å²) < 4.78 is 13.6. The molecule has 18 heavy (non-hydrogen) atoms. The number of benzene rings is 1. The Morgan fingerprint density at radius 3 is 2.56 bits per heavy atom. The minimum absolute atomic E-state index is 0.297. The topological polar surface area (TPSA) is 55.1 Å². The standard InChI is InChI=1S/C13H18BrFN2O/c1-3-13(16,4-2)8-17-12(18)9-5-6-10(14)11(15)7-9/h5-7H,3-4,8,16H2,1-2H3,(H,17,18). The normalized spacial score (nSPS) is 11.4. The summed E-state index contributed by atoms with van der Waals surface area (Å²) in [5.41, 5.74) is 5.98. The Bertz CT molecular complexity index is 433. The first-order valence-electron chi connectivity index (χ1n) is 5.94. The number of hydrogen-bond acceptors (Lipinski definition) is 2. The van der Waals surface area contributed by atoms with Crippen LogP contribution in [0.5, 0.6) is 0 Å². The fourth-order valence-corrected chi connectivity index (χ4v) is 1.74. The van der Waals surface area contributed by atoms with Crippen molar-refractivity contribution in [1.82, 2.24) is 5.32 Å². The fraction of sp³-hybridized carbons (Fsp3) is 0.462. The second-order valence-electron chi connectivity index (χ2n) is 4.38. The lowest BCUT2D eigenvalue weighted by atomic mass is 9.94. The highest BCUT2D eigenvalue weighted by Crippen LogP contribution is 2.16. The average Bonchev–Trinajstić information content (AvgIpc) is 2.38. The average molecular weight is 317 g/mol. The van der Waals surface area contributed by atoms with Crippen LogP contribution >= 0.6 is 15.9 Å². The van der Waals surface area contributed by atoms with E-state index in [4.69, 9.17) is 5.73 Å². The molecule has 0 aliphatic heterocycles. The van der Waals surface area contributed by atoms with Crippen molar-refractivity contribution in [2.45, 2.75) is 32.2 Å². The van der Waals surface area contributed by atoms with E-state index in [1.807, 2.05) is 13.8 Å². The Labute approximate surface area is 115 Å². The number of carbonyl (C=O) groups is 1. The van der Waals surface area contributed by atoms with Crippen molar-refractivity contribution in [3.05, 3.63) is 34.1 Å². The predicted molar refractivity (Wildman–Crippen MR) is 73.9 cm³/mol. The molecule has 100 valence electrons. The maximum Gasteiger partial charge on any atom is 0.251 e. The molecule has 0 saturated heterocycles. The monoisotopic (exact) mass is 316 g/mol. The van der Waals surface area contributed by atoms with Crippen LogP contribution in [0.1, 0.15) is 37.0 Å². The third-order valence-corrected chi connectivity index (χ3v) is 3.83. The Kier molecular flexibility index (Phi) is 5.28. The maximum absolute atomic E-state index is 13.3. The summed E-state index contributed by atoms with van der Waals surface area (Å²) in [5.74, 6) is -0.759. The molecule has 0 radical (unpaired) electrons. The maximum atomic E-state index is 13.3. The van der Waals surface area contributed by atoms with Gasteiger partial charge in [-0.1, -0.05) is 13.8 Å². The Morgan fingerprint density at radius 2 is 2.06 bits per heavy atom. The molecule has 3 nitrogen and oxygen atoms in total. The summed E-state index contributed by atoms with van der Waals surface area (Å²) in [5, 5.41) is 2.74. The van der Waals surface area contributed by atoms with Crippen molar-refractivity contribution in [1.29, 1.82) is 0 Å².